The van der Waals surface area contributed by atoms with Gasteiger partial charge in [-0.1, -0.05) is 12.1 Å². The summed E-state index contributed by atoms with van der Waals surface area (Å²) < 4.78 is 5.41. The lowest BCUT2D eigenvalue weighted by Gasteiger charge is -2.13. The maximum atomic E-state index is 11.4. The number of rotatable bonds is 5. The van der Waals surface area contributed by atoms with Crippen LogP contribution < -0.4 is 10.1 Å². The number of ether oxygens (including phenoxy) is 1. The predicted octanol–water partition coefficient (Wildman–Crippen LogP) is 3.53. The highest BCUT2D eigenvalue weighted by atomic mass is 16.6. The highest BCUT2D eigenvalue weighted by Crippen LogP contribution is 2.34. The average Bonchev–Trinajstić information content (AvgIpc) is 2.42. The molecule has 0 radical (unpaired) electrons. The van der Waals surface area contributed by atoms with E-state index in [1.807, 2.05) is 32.0 Å². The van der Waals surface area contributed by atoms with E-state index in [-0.39, 0.29) is 23.5 Å². The third kappa shape index (κ3) is 3.49. The second-order valence-corrected chi connectivity index (χ2v) is 5.24. The Morgan fingerprint density at radius 3 is 2.64 bits per heavy atom. The van der Waals surface area contributed by atoms with E-state index in [0.29, 0.717) is 0 Å². The molecular formula is C15H18N4O3. The minimum Gasteiger partial charge on any atom is -0.470 e. The normalized spacial score (nSPS) is 10.6. The number of hydrogen-bond acceptors (Lipinski definition) is 6. The van der Waals surface area contributed by atoms with Gasteiger partial charge in [0.15, 0.2) is 0 Å². The van der Waals surface area contributed by atoms with Gasteiger partial charge in [0.1, 0.15) is 6.33 Å². The van der Waals surface area contributed by atoms with Crippen molar-refractivity contribution in [3.05, 3.63) is 45.8 Å². The highest BCUT2D eigenvalue weighted by molar-refractivity contribution is 5.70. The monoisotopic (exact) mass is 302 g/mol. The summed E-state index contributed by atoms with van der Waals surface area (Å²) in [5.74, 6) is 0.0761. The van der Waals surface area contributed by atoms with Crippen LogP contribution in [0.5, 0.6) is 5.88 Å². The van der Waals surface area contributed by atoms with Gasteiger partial charge in [-0.15, -0.1) is 0 Å². The fraction of sp³-hybridized carbons (Fsp3) is 0.333. The van der Waals surface area contributed by atoms with Gasteiger partial charge >= 0.3 is 5.69 Å². The first-order chi connectivity index (χ1) is 10.4. The number of anilines is 2. The SMILES string of the molecule is Cc1ccc(C)c(Nc2ncnc(OC(C)C)c2[N+](=O)[O-])c1. The zero-order valence-corrected chi connectivity index (χ0v) is 13.0. The molecule has 2 aromatic rings. The molecule has 22 heavy (non-hydrogen) atoms. The predicted molar refractivity (Wildman–Crippen MR) is 83.6 cm³/mol. The van der Waals surface area contributed by atoms with E-state index in [9.17, 15) is 10.1 Å². The molecule has 0 fully saturated rings. The van der Waals surface area contributed by atoms with Crippen molar-refractivity contribution < 1.29 is 9.66 Å². The summed E-state index contributed by atoms with van der Waals surface area (Å²) in [6, 6.07) is 5.82. The van der Waals surface area contributed by atoms with E-state index in [1.54, 1.807) is 13.8 Å². The number of aromatic nitrogens is 2. The van der Waals surface area contributed by atoms with Crippen molar-refractivity contribution in [3.8, 4) is 5.88 Å². The summed E-state index contributed by atoms with van der Waals surface area (Å²) in [5.41, 5.74) is 2.50. The molecule has 0 unspecified atom stereocenters. The Labute approximate surface area is 128 Å². The van der Waals surface area contributed by atoms with Gasteiger partial charge in [0, 0.05) is 5.69 Å². The largest absolute Gasteiger partial charge is 0.470 e. The van der Waals surface area contributed by atoms with Crippen LogP contribution in [-0.4, -0.2) is 21.0 Å². The quantitative estimate of drug-likeness (QED) is 0.671. The van der Waals surface area contributed by atoms with Crippen LogP contribution in [0, 0.1) is 24.0 Å². The summed E-state index contributed by atoms with van der Waals surface area (Å²) in [6.45, 7) is 7.43. The van der Waals surface area contributed by atoms with Gasteiger partial charge in [0.25, 0.3) is 5.88 Å². The second-order valence-electron chi connectivity index (χ2n) is 5.24. The van der Waals surface area contributed by atoms with Gasteiger partial charge in [0.05, 0.1) is 11.0 Å². The molecule has 1 heterocycles. The number of hydrogen-bond donors (Lipinski definition) is 1. The third-order valence-corrected chi connectivity index (χ3v) is 2.96. The molecule has 0 spiro atoms. The van der Waals surface area contributed by atoms with Gasteiger partial charge in [0.2, 0.25) is 5.82 Å². The molecule has 1 aromatic heterocycles. The van der Waals surface area contributed by atoms with E-state index >= 15 is 0 Å². The Hall–Kier alpha value is -2.70. The van der Waals surface area contributed by atoms with E-state index in [4.69, 9.17) is 4.74 Å². The van der Waals surface area contributed by atoms with E-state index in [1.165, 1.54) is 6.33 Å². The van der Waals surface area contributed by atoms with Gasteiger partial charge in [-0.3, -0.25) is 10.1 Å². The summed E-state index contributed by atoms with van der Waals surface area (Å²) in [6.07, 6.45) is 1.03. The van der Waals surface area contributed by atoms with E-state index in [2.05, 4.69) is 15.3 Å². The lowest BCUT2D eigenvalue weighted by Crippen LogP contribution is -2.11. The number of aryl methyl sites for hydroxylation is 2. The lowest BCUT2D eigenvalue weighted by atomic mass is 10.1. The van der Waals surface area contributed by atoms with Crippen LogP contribution in [0.4, 0.5) is 17.2 Å². The second kappa shape index (κ2) is 6.38. The Kier molecular flexibility index (Phi) is 4.55. The summed E-state index contributed by atoms with van der Waals surface area (Å²) in [4.78, 5) is 18.7. The van der Waals surface area contributed by atoms with Crippen LogP contribution in [0.2, 0.25) is 0 Å². The third-order valence-electron chi connectivity index (χ3n) is 2.96. The number of nitro groups is 1. The Balaban J connectivity index is 2.46. The molecule has 1 aromatic carbocycles. The zero-order valence-electron chi connectivity index (χ0n) is 13.0. The Morgan fingerprint density at radius 1 is 1.27 bits per heavy atom. The van der Waals surface area contributed by atoms with Crippen molar-refractivity contribution in [1.29, 1.82) is 0 Å². The van der Waals surface area contributed by atoms with Gasteiger partial charge < -0.3 is 10.1 Å². The number of nitrogens with zero attached hydrogens (tertiary/aromatic N) is 3. The Bertz CT molecular complexity index is 701. The maximum Gasteiger partial charge on any atom is 0.373 e. The molecule has 0 saturated carbocycles. The first-order valence-corrected chi connectivity index (χ1v) is 6.88. The van der Waals surface area contributed by atoms with Crippen LogP contribution >= 0.6 is 0 Å². The van der Waals surface area contributed by atoms with E-state index < -0.39 is 4.92 Å². The fourth-order valence-electron chi connectivity index (χ4n) is 1.93. The molecule has 0 saturated heterocycles. The first-order valence-electron chi connectivity index (χ1n) is 6.88. The van der Waals surface area contributed by atoms with E-state index in [0.717, 1.165) is 16.8 Å². The summed E-state index contributed by atoms with van der Waals surface area (Å²) >= 11 is 0. The van der Waals surface area contributed by atoms with Crippen LogP contribution in [0.15, 0.2) is 24.5 Å². The molecule has 2 rings (SSSR count). The minimum atomic E-state index is -0.537. The lowest BCUT2D eigenvalue weighted by molar-refractivity contribution is -0.385. The summed E-state index contributed by atoms with van der Waals surface area (Å²) in [7, 11) is 0. The maximum absolute atomic E-state index is 11.4. The van der Waals surface area contributed by atoms with Crippen LogP contribution in [0.25, 0.3) is 0 Å². The molecule has 7 nitrogen and oxygen atoms in total. The molecule has 0 amide bonds. The molecule has 1 N–H and O–H groups in total. The van der Waals surface area contributed by atoms with Crippen LogP contribution in [0.3, 0.4) is 0 Å². The fourth-order valence-corrected chi connectivity index (χ4v) is 1.93. The van der Waals surface area contributed by atoms with Crippen molar-refractivity contribution in [3.63, 3.8) is 0 Å². The van der Waals surface area contributed by atoms with Crippen molar-refractivity contribution >= 4 is 17.2 Å². The van der Waals surface area contributed by atoms with Crippen LogP contribution in [-0.2, 0) is 0 Å². The Morgan fingerprint density at radius 2 is 2.00 bits per heavy atom. The average molecular weight is 302 g/mol. The van der Waals surface area contributed by atoms with Gasteiger partial charge in [-0.25, -0.2) is 4.98 Å². The smallest absolute Gasteiger partial charge is 0.373 e. The molecule has 0 atom stereocenters. The molecule has 0 bridgehead atoms. The molecule has 0 aliphatic heterocycles. The summed E-state index contributed by atoms with van der Waals surface area (Å²) in [5, 5.41) is 14.4. The first kappa shape index (κ1) is 15.7. The van der Waals surface area contributed by atoms with Crippen LogP contribution in [0.1, 0.15) is 25.0 Å². The standard InChI is InChI=1S/C15H18N4O3/c1-9(2)22-15-13(19(20)21)14(16-8-17-15)18-12-7-10(3)5-6-11(12)4/h5-9H,1-4H3,(H,16,17,18). The minimum absolute atomic E-state index is 0.0391. The molecule has 0 aliphatic rings. The van der Waals surface area contributed by atoms with Gasteiger partial charge in [-0.05, 0) is 44.9 Å². The zero-order chi connectivity index (χ0) is 16.3. The molecule has 116 valence electrons. The molecule has 0 aliphatic carbocycles. The van der Waals surface area contributed by atoms with Crippen molar-refractivity contribution in [2.45, 2.75) is 33.8 Å². The molecule has 7 heteroatoms. The topological polar surface area (TPSA) is 90.2 Å². The number of benzene rings is 1. The number of nitrogens with one attached hydrogen (secondary N) is 1. The van der Waals surface area contributed by atoms with Crippen molar-refractivity contribution in [2.24, 2.45) is 0 Å². The highest BCUT2D eigenvalue weighted by Gasteiger charge is 2.25. The molecular weight excluding hydrogens is 284 g/mol. The van der Waals surface area contributed by atoms with Gasteiger partial charge in [-0.2, -0.15) is 4.98 Å². The van der Waals surface area contributed by atoms with Crippen molar-refractivity contribution in [2.75, 3.05) is 5.32 Å². The van der Waals surface area contributed by atoms with Crippen molar-refractivity contribution in [1.82, 2.24) is 9.97 Å².